The van der Waals surface area contributed by atoms with Crippen molar-refractivity contribution in [2.24, 2.45) is 5.92 Å². The largest absolute Gasteiger partial charge is 0.382 e. The van der Waals surface area contributed by atoms with Crippen molar-refractivity contribution in [2.75, 3.05) is 5.32 Å². The topological polar surface area (TPSA) is 35.8 Å². The number of nitriles is 1. The van der Waals surface area contributed by atoms with Crippen LogP contribution in [0.25, 0.3) is 10.8 Å². The normalized spacial score (nSPS) is 22.5. The Morgan fingerprint density at radius 3 is 2.62 bits per heavy atom. The number of nitrogens with one attached hydrogen (secondary N) is 1. The molecule has 1 N–H and O–H groups in total. The third kappa shape index (κ3) is 3.03. The second kappa shape index (κ2) is 6.18. The lowest BCUT2D eigenvalue weighted by atomic mass is 10.0. The van der Waals surface area contributed by atoms with Crippen molar-refractivity contribution in [1.82, 2.24) is 0 Å². The van der Waals surface area contributed by atoms with Gasteiger partial charge in [0.15, 0.2) is 0 Å². The van der Waals surface area contributed by atoms with Crippen LogP contribution in [0.15, 0.2) is 36.4 Å². The van der Waals surface area contributed by atoms with Crippen molar-refractivity contribution < 1.29 is 0 Å². The van der Waals surface area contributed by atoms with E-state index in [1.165, 1.54) is 37.8 Å². The Hall–Kier alpha value is -2.01. The molecule has 0 aromatic heterocycles. The first kappa shape index (κ1) is 13.9. The van der Waals surface area contributed by atoms with Crippen molar-refractivity contribution in [2.45, 2.75) is 45.1 Å². The third-order valence-electron chi connectivity index (χ3n) is 4.66. The smallest absolute Gasteiger partial charge is 0.0998 e. The van der Waals surface area contributed by atoms with Gasteiger partial charge in [0.2, 0.25) is 0 Å². The first-order valence-electron chi connectivity index (χ1n) is 7.96. The molecule has 2 aromatic carbocycles. The highest BCUT2D eigenvalue weighted by molar-refractivity contribution is 5.97. The molecule has 2 unspecified atom stereocenters. The number of hydrogen-bond donors (Lipinski definition) is 1. The molecule has 0 bridgehead atoms. The van der Waals surface area contributed by atoms with Crippen molar-refractivity contribution in [3.05, 3.63) is 42.0 Å². The van der Waals surface area contributed by atoms with Crippen LogP contribution in [0, 0.1) is 17.2 Å². The van der Waals surface area contributed by atoms with Crippen LogP contribution < -0.4 is 5.32 Å². The van der Waals surface area contributed by atoms with E-state index in [2.05, 4.69) is 30.4 Å². The van der Waals surface area contributed by atoms with Crippen LogP contribution in [-0.4, -0.2) is 6.04 Å². The van der Waals surface area contributed by atoms with E-state index >= 15 is 0 Å². The summed E-state index contributed by atoms with van der Waals surface area (Å²) in [6.45, 7) is 2.36. The Bertz CT molecular complexity index is 669. The highest BCUT2D eigenvalue weighted by Crippen LogP contribution is 2.30. The van der Waals surface area contributed by atoms with Gasteiger partial charge in [-0.25, -0.2) is 0 Å². The van der Waals surface area contributed by atoms with Crippen molar-refractivity contribution in [1.29, 1.82) is 5.26 Å². The Kier molecular flexibility index (Phi) is 4.10. The van der Waals surface area contributed by atoms with E-state index < -0.39 is 0 Å². The van der Waals surface area contributed by atoms with Gasteiger partial charge in [0.25, 0.3) is 0 Å². The molecule has 0 aliphatic heterocycles. The van der Waals surface area contributed by atoms with Crippen LogP contribution in [0.1, 0.15) is 44.6 Å². The van der Waals surface area contributed by atoms with Crippen LogP contribution in [-0.2, 0) is 0 Å². The number of benzene rings is 2. The molecule has 0 amide bonds. The second-order valence-electron chi connectivity index (χ2n) is 6.27. The predicted molar refractivity (Wildman–Crippen MR) is 88.3 cm³/mol. The minimum absolute atomic E-state index is 0.561. The summed E-state index contributed by atoms with van der Waals surface area (Å²) in [5, 5.41) is 15.2. The number of hydrogen-bond acceptors (Lipinski definition) is 2. The van der Waals surface area contributed by atoms with E-state index in [9.17, 15) is 5.26 Å². The van der Waals surface area contributed by atoms with Crippen molar-refractivity contribution in [3.63, 3.8) is 0 Å². The average molecular weight is 278 g/mol. The van der Waals surface area contributed by atoms with Gasteiger partial charge in [-0.3, -0.25) is 0 Å². The summed E-state index contributed by atoms with van der Waals surface area (Å²) in [7, 11) is 0. The highest BCUT2D eigenvalue weighted by atomic mass is 14.9. The fourth-order valence-electron chi connectivity index (χ4n) is 3.37. The molecule has 1 saturated carbocycles. The fraction of sp³-hybridized carbons (Fsp3) is 0.421. The van der Waals surface area contributed by atoms with Gasteiger partial charge in [-0.1, -0.05) is 44.0 Å². The van der Waals surface area contributed by atoms with Crippen molar-refractivity contribution >= 4 is 16.5 Å². The molecule has 3 rings (SSSR count). The van der Waals surface area contributed by atoms with Gasteiger partial charge >= 0.3 is 0 Å². The first-order chi connectivity index (χ1) is 10.3. The van der Waals surface area contributed by atoms with E-state index in [0.717, 1.165) is 22.3 Å². The standard InChI is InChI=1S/C19H22N2/c1-14-5-4-6-16(11-9-14)21-19-12-10-15(13-20)17-7-2-3-8-18(17)19/h2-3,7-8,10,12,14,16,21H,4-6,9,11H2,1H3. The minimum Gasteiger partial charge on any atom is -0.382 e. The predicted octanol–water partition coefficient (Wildman–Crippen LogP) is 5.09. The Morgan fingerprint density at radius 2 is 1.81 bits per heavy atom. The Morgan fingerprint density at radius 1 is 1.00 bits per heavy atom. The summed E-state index contributed by atoms with van der Waals surface area (Å²) in [6.07, 6.45) is 6.47. The number of nitrogens with zero attached hydrogens (tertiary/aromatic N) is 1. The lowest BCUT2D eigenvalue weighted by molar-refractivity contribution is 0.502. The number of fused-ring (bicyclic) bond motifs is 1. The van der Waals surface area contributed by atoms with Gasteiger partial charge in [-0.05, 0) is 37.3 Å². The molecule has 2 aromatic rings. The number of anilines is 1. The molecule has 2 atom stereocenters. The molecule has 0 spiro atoms. The second-order valence-corrected chi connectivity index (χ2v) is 6.27. The monoisotopic (exact) mass is 278 g/mol. The van der Waals surface area contributed by atoms with Crippen LogP contribution in [0.3, 0.4) is 0 Å². The van der Waals surface area contributed by atoms with Crippen LogP contribution >= 0.6 is 0 Å². The molecule has 1 fully saturated rings. The van der Waals surface area contributed by atoms with Gasteiger partial charge < -0.3 is 5.32 Å². The van der Waals surface area contributed by atoms with Gasteiger partial charge in [0, 0.05) is 22.5 Å². The van der Waals surface area contributed by atoms with E-state index in [4.69, 9.17) is 0 Å². The molecule has 1 aliphatic carbocycles. The number of rotatable bonds is 2. The summed E-state index contributed by atoms with van der Waals surface area (Å²) in [5.74, 6) is 0.856. The van der Waals surface area contributed by atoms with Crippen molar-refractivity contribution in [3.8, 4) is 6.07 Å². The van der Waals surface area contributed by atoms with E-state index in [0.29, 0.717) is 6.04 Å². The summed E-state index contributed by atoms with van der Waals surface area (Å²) in [5.41, 5.74) is 1.93. The zero-order chi connectivity index (χ0) is 14.7. The average Bonchev–Trinajstić information content (AvgIpc) is 2.72. The Labute approximate surface area is 126 Å². The minimum atomic E-state index is 0.561. The maximum atomic E-state index is 9.24. The lowest BCUT2D eigenvalue weighted by Gasteiger charge is -2.19. The lowest BCUT2D eigenvalue weighted by Crippen LogP contribution is -2.18. The SMILES string of the molecule is CC1CCCC(Nc2ccc(C#N)c3ccccc23)CC1. The quantitative estimate of drug-likeness (QED) is 0.776. The molecule has 1 aliphatic rings. The zero-order valence-corrected chi connectivity index (χ0v) is 12.6. The highest BCUT2D eigenvalue weighted by Gasteiger charge is 2.17. The summed E-state index contributed by atoms with van der Waals surface area (Å²) in [4.78, 5) is 0. The zero-order valence-electron chi connectivity index (χ0n) is 12.6. The molecule has 2 nitrogen and oxygen atoms in total. The van der Waals surface area contributed by atoms with Gasteiger partial charge in [0.05, 0.1) is 11.6 Å². The van der Waals surface area contributed by atoms with Crippen LogP contribution in [0.2, 0.25) is 0 Å². The van der Waals surface area contributed by atoms with Gasteiger partial charge in [-0.2, -0.15) is 5.26 Å². The maximum absolute atomic E-state index is 9.24. The third-order valence-corrected chi connectivity index (χ3v) is 4.66. The molecule has 0 saturated heterocycles. The summed E-state index contributed by atoms with van der Waals surface area (Å²) in [6, 6.07) is 15.0. The summed E-state index contributed by atoms with van der Waals surface area (Å²) < 4.78 is 0. The molecular formula is C19H22N2. The molecular weight excluding hydrogens is 256 g/mol. The van der Waals surface area contributed by atoms with Crippen LogP contribution in [0.5, 0.6) is 0 Å². The van der Waals surface area contributed by atoms with E-state index in [-0.39, 0.29) is 0 Å². The first-order valence-corrected chi connectivity index (χ1v) is 7.96. The molecule has 2 heteroatoms. The van der Waals surface area contributed by atoms with E-state index in [1.54, 1.807) is 0 Å². The molecule has 0 heterocycles. The summed E-state index contributed by atoms with van der Waals surface area (Å²) >= 11 is 0. The molecule has 0 radical (unpaired) electrons. The molecule has 108 valence electrons. The molecule has 21 heavy (non-hydrogen) atoms. The van der Waals surface area contributed by atoms with Gasteiger partial charge in [-0.15, -0.1) is 0 Å². The van der Waals surface area contributed by atoms with E-state index in [1.807, 2.05) is 24.3 Å². The Balaban J connectivity index is 1.89. The maximum Gasteiger partial charge on any atom is 0.0998 e. The fourth-order valence-corrected chi connectivity index (χ4v) is 3.37. The van der Waals surface area contributed by atoms with Gasteiger partial charge in [0.1, 0.15) is 0 Å². The van der Waals surface area contributed by atoms with Crippen LogP contribution in [0.4, 0.5) is 5.69 Å².